The molecule has 2 amide bonds. The summed E-state index contributed by atoms with van der Waals surface area (Å²) in [5, 5.41) is 0. The summed E-state index contributed by atoms with van der Waals surface area (Å²) in [6.45, 7) is 0.909. The number of hydrogen-bond acceptors (Lipinski definition) is 4. The van der Waals surface area contributed by atoms with Crippen LogP contribution in [-0.2, 0) is 14.3 Å². The van der Waals surface area contributed by atoms with Gasteiger partial charge in [-0.25, -0.2) is 0 Å². The van der Waals surface area contributed by atoms with Crippen LogP contribution in [0.2, 0.25) is 0 Å². The number of hydrogen-bond donors (Lipinski definition) is 1. The number of rotatable bonds is 2. The Bertz CT molecular complexity index is 790. The van der Waals surface area contributed by atoms with Crippen LogP contribution in [0.25, 0.3) is 0 Å². The van der Waals surface area contributed by atoms with Crippen LogP contribution < -0.4 is 10.5 Å². The number of carbonyl (C=O) groups excluding carboxylic acids is 2. The highest BCUT2D eigenvalue weighted by Crippen LogP contribution is 2.44. The number of nitrogens with zero attached hydrogens (tertiary/aromatic N) is 1. The molecule has 0 bridgehead atoms. The van der Waals surface area contributed by atoms with Crippen molar-refractivity contribution in [3.63, 3.8) is 0 Å². The van der Waals surface area contributed by atoms with Gasteiger partial charge in [-0.3, -0.25) is 9.59 Å². The maximum atomic E-state index is 13.3. The number of para-hydroxylation sites is 2. The van der Waals surface area contributed by atoms with Gasteiger partial charge < -0.3 is 20.1 Å². The Morgan fingerprint density at radius 1 is 1.00 bits per heavy atom. The Balaban J connectivity index is 1.72. The average Bonchev–Trinajstić information content (AvgIpc) is 2.65. The molecule has 1 atom stereocenters. The van der Waals surface area contributed by atoms with Gasteiger partial charge in [0.1, 0.15) is 11.5 Å². The highest BCUT2D eigenvalue weighted by molar-refractivity contribution is 5.90. The van der Waals surface area contributed by atoms with Gasteiger partial charge in [0, 0.05) is 17.7 Å². The van der Waals surface area contributed by atoms with Crippen molar-refractivity contribution in [1.82, 2.24) is 4.90 Å². The molecule has 1 fully saturated rings. The first-order chi connectivity index (χ1) is 12.1. The Hall–Kier alpha value is -2.86. The number of benzene rings is 2. The molecule has 6 nitrogen and oxygen atoms in total. The third-order valence-electron chi connectivity index (χ3n) is 4.62. The van der Waals surface area contributed by atoms with Gasteiger partial charge >= 0.3 is 0 Å². The van der Waals surface area contributed by atoms with E-state index in [4.69, 9.17) is 15.2 Å². The van der Waals surface area contributed by atoms with Crippen molar-refractivity contribution in [2.24, 2.45) is 5.73 Å². The van der Waals surface area contributed by atoms with Crippen LogP contribution in [0.3, 0.4) is 0 Å². The van der Waals surface area contributed by atoms with E-state index in [1.807, 2.05) is 48.5 Å². The van der Waals surface area contributed by atoms with Gasteiger partial charge in [0.05, 0.1) is 19.1 Å². The van der Waals surface area contributed by atoms with E-state index in [2.05, 4.69) is 0 Å². The lowest BCUT2D eigenvalue weighted by Gasteiger charge is -2.36. The first kappa shape index (κ1) is 15.7. The maximum Gasteiger partial charge on any atom is 0.248 e. The van der Waals surface area contributed by atoms with Crippen LogP contribution in [-0.4, -0.2) is 42.5 Å². The molecule has 0 spiro atoms. The Kier molecular flexibility index (Phi) is 3.89. The second kappa shape index (κ2) is 6.22. The van der Waals surface area contributed by atoms with E-state index in [1.54, 1.807) is 4.90 Å². The van der Waals surface area contributed by atoms with Crippen molar-refractivity contribution < 1.29 is 19.1 Å². The number of primary amides is 1. The second-order valence-corrected chi connectivity index (χ2v) is 6.16. The van der Waals surface area contributed by atoms with Crippen LogP contribution in [0.5, 0.6) is 11.5 Å². The fourth-order valence-corrected chi connectivity index (χ4v) is 3.38. The smallest absolute Gasteiger partial charge is 0.248 e. The van der Waals surface area contributed by atoms with Crippen molar-refractivity contribution in [1.29, 1.82) is 0 Å². The van der Waals surface area contributed by atoms with Crippen LogP contribution in [0.15, 0.2) is 48.5 Å². The summed E-state index contributed by atoms with van der Waals surface area (Å²) in [6.07, 6.45) is -0.761. The number of ether oxygens (including phenoxy) is 2. The number of fused-ring (bicyclic) bond motifs is 2. The third-order valence-corrected chi connectivity index (χ3v) is 4.62. The zero-order valence-corrected chi connectivity index (χ0v) is 13.6. The number of carbonyl (C=O) groups is 2. The van der Waals surface area contributed by atoms with E-state index in [-0.39, 0.29) is 12.5 Å². The van der Waals surface area contributed by atoms with Gasteiger partial charge in [0.15, 0.2) is 6.10 Å². The van der Waals surface area contributed by atoms with Gasteiger partial charge in [0.25, 0.3) is 0 Å². The highest BCUT2D eigenvalue weighted by Gasteiger charge is 2.37. The molecule has 2 aliphatic heterocycles. The molecular weight excluding hydrogens is 320 g/mol. The minimum absolute atomic E-state index is 0.0715. The summed E-state index contributed by atoms with van der Waals surface area (Å²) < 4.78 is 11.3. The quantitative estimate of drug-likeness (QED) is 0.902. The van der Waals surface area contributed by atoms with Gasteiger partial charge in [-0.05, 0) is 12.1 Å². The summed E-state index contributed by atoms with van der Waals surface area (Å²) in [5.41, 5.74) is 6.99. The Morgan fingerprint density at radius 3 is 2.20 bits per heavy atom. The number of morpholine rings is 1. The summed E-state index contributed by atoms with van der Waals surface area (Å²) in [6, 6.07) is 15.1. The molecule has 0 aliphatic carbocycles. The molecule has 128 valence electrons. The van der Waals surface area contributed by atoms with Gasteiger partial charge in [-0.15, -0.1) is 0 Å². The summed E-state index contributed by atoms with van der Waals surface area (Å²) in [7, 11) is 0. The van der Waals surface area contributed by atoms with Crippen molar-refractivity contribution in [3.05, 3.63) is 59.7 Å². The monoisotopic (exact) mass is 338 g/mol. The van der Waals surface area contributed by atoms with Crippen LogP contribution in [0.1, 0.15) is 17.0 Å². The number of nitrogens with two attached hydrogens (primary N) is 1. The molecule has 1 saturated heterocycles. The fourth-order valence-electron chi connectivity index (χ4n) is 3.38. The molecule has 2 aliphatic rings. The lowest BCUT2D eigenvalue weighted by atomic mass is 9.86. The summed E-state index contributed by atoms with van der Waals surface area (Å²) >= 11 is 0. The fraction of sp³-hybridized carbons (Fsp3) is 0.263. The average molecular weight is 338 g/mol. The predicted molar refractivity (Wildman–Crippen MR) is 90.3 cm³/mol. The largest absolute Gasteiger partial charge is 0.457 e. The highest BCUT2D eigenvalue weighted by atomic mass is 16.5. The van der Waals surface area contributed by atoms with Gasteiger partial charge in [0.2, 0.25) is 11.8 Å². The van der Waals surface area contributed by atoms with Crippen LogP contribution >= 0.6 is 0 Å². The van der Waals surface area contributed by atoms with Gasteiger partial charge in [-0.2, -0.15) is 0 Å². The van der Waals surface area contributed by atoms with E-state index < -0.39 is 17.9 Å². The lowest BCUT2D eigenvalue weighted by Crippen LogP contribution is -2.51. The minimum Gasteiger partial charge on any atom is -0.457 e. The Morgan fingerprint density at radius 2 is 1.60 bits per heavy atom. The van der Waals surface area contributed by atoms with E-state index in [0.29, 0.717) is 24.7 Å². The molecule has 0 radical (unpaired) electrons. The molecule has 0 saturated carbocycles. The second-order valence-electron chi connectivity index (χ2n) is 6.16. The lowest BCUT2D eigenvalue weighted by molar-refractivity contribution is -0.146. The number of amides is 2. The van der Waals surface area contributed by atoms with E-state index in [1.165, 1.54) is 0 Å². The normalized spacial score (nSPS) is 19.5. The standard InChI is InChI=1S/C19H18N2O4/c20-18(22)16-11-21(9-10-24-16)19(23)17-12-5-1-3-7-14(12)25-15-8-4-2-6-13(15)17/h1-8,16-17H,9-11H2,(H2,20,22). The molecular formula is C19H18N2O4. The zero-order chi connectivity index (χ0) is 17.4. The van der Waals surface area contributed by atoms with E-state index in [0.717, 1.165) is 11.1 Å². The minimum atomic E-state index is -0.761. The first-order valence-corrected chi connectivity index (χ1v) is 8.20. The van der Waals surface area contributed by atoms with E-state index in [9.17, 15) is 9.59 Å². The van der Waals surface area contributed by atoms with E-state index >= 15 is 0 Å². The molecule has 1 unspecified atom stereocenters. The third kappa shape index (κ3) is 2.74. The molecule has 0 aromatic heterocycles. The maximum absolute atomic E-state index is 13.3. The van der Waals surface area contributed by atoms with Crippen LogP contribution in [0.4, 0.5) is 0 Å². The molecule has 6 heteroatoms. The van der Waals surface area contributed by atoms with Crippen LogP contribution in [0, 0.1) is 0 Å². The summed E-state index contributed by atoms with van der Waals surface area (Å²) in [5.74, 6) is 0.273. The van der Waals surface area contributed by atoms with Crippen molar-refractivity contribution >= 4 is 11.8 Å². The molecule has 2 aromatic carbocycles. The van der Waals surface area contributed by atoms with Crippen molar-refractivity contribution in [2.75, 3.05) is 19.7 Å². The van der Waals surface area contributed by atoms with Crippen molar-refractivity contribution in [3.8, 4) is 11.5 Å². The van der Waals surface area contributed by atoms with Gasteiger partial charge in [-0.1, -0.05) is 36.4 Å². The first-order valence-electron chi connectivity index (χ1n) is 8.20. The van der Waals surface area contributed by atoms with Crippen molar-refractivity contribution in [2.45, 2.75) is 12.0 Å². The SMILES string of the molecule is NC(=O)C1CN(C(=O)C2c3ccccc3Oc3ccccc32)CCO1. The molecule has 25 heavy (non-hydrogen) atoms. The molecule has 2 N–H and O–H groups in total. The summed E-state index contributed by atoms with van der Waals surface area (Å²) in [4.78, 5) is 26.4. The topological polar surface area (TPSA) is 81.9 Å². The zero-order valence-electron chi connectivity index (χ0n) is 13.6. The Labute approximate surface area is 145 Å². The molecule has 2 heterocycles. The molecule has 4 rings (SSSR count). The molecule has 2 aromatic rings. The predicted octanol–water partition coefficient (Wildman–Crippen LogP) is 1.64.